The highest BCUT2D eigenvalue weighted by Crippen LogP contribution is 2.29. The van der Waals surface area contributed by atoms with Crippen LogP contribution in [0.1, 0.15) is 38.3 Å². The summed E-state index contributed by atoms with van der Waals surface area (Å²) in [7, 11) is 1.58. The van der Waals surface area contributed by atoms with Crippen molar-refractivity contribution in [2.75, 3.05) is 20.3 Å². The average molecular weight is 281 g/mol. The van der Waals surface area contributed by atoms with Crippen molar-refractivity contribution in [3.05, 3.63) is 29.6 Å². The van der Waals surface area contributed by atoms with E-state index < -0.39 is 0 Å². The van der Waals surface area contributed by atoms with Crippen molar-refractivity contribution >= 4 is 0 Å². The molecule has 1 aliphatic heterocycles. The topological polar surface area (TPSA) is 30.5 Å². The Morgan fingerprint density at radius 1 is 1.30 bits per heavy atom. The monoisotopic (exact) mass is 281 g/mol. The Labute approximate surface area is 120 Å². The van der Waals surface area contributed by atoms with Gasteiger partial charge in [0, 0.05) is 30.9 Å². The number of halogens is 1. The largest absolute Gasteiger partial charge is 0.496 e. The van der Waals surface area contributed by atoms with Crippen LogP contribution in [0.5, 0.6) is 5.75 Å². The van der Waals surface area contributed by atoms with Gasteiger partial charge >= 0.3 is 0 Å². The molecule has 2 atom stereocenters. The average Bonchev–Trinajstić information content (AvgIpc) is 2.47. The van der Waals surface area contributed by atoms with Crippen LogP contribution >= 0.6 is 0 Å². The lowest BCUT2D eigenvalue weighted by atomic mass is 9.92. The second-order valence-electron chi connectivity index (χ2n) is 5.48. The molecule has 112 valence electrons. The molecule has 0 amide bonds. The third-order valence-electron chi connectivity index (χ3n) is 4.15. The smallest absolute Gasteiger partial charge is 0.131 e. The van der Waals surface area contributed by atoms with Gasteiger partial charge in [-0.2, -0.15) is 0 Å². The molecule has 4 heteroatoms. The van der Waals surface area contributed by atoms with Crippen LogP contribution < -0.4 is 10.1 Å². The van der Waals surface area contributed by atoms with Gasteiger partial charge in [-0.15, -0.1) is 0 Å². The van der Waals surface area contributed by atoms with Gasteiger partial charge in [-0.25, -0.2) is 4.39 Å². The first-order valence-electron chi connectivity index (χ1n) is 7.29. The summed E-state index contributed by atoms with van der Waals surface area (Å²) in [5, 5.41) is 3.51. The van der Waals surface area contributed by atoms with Gasteiger partial charge < -0.3 is 14.8 Å². The third-order valence-corrected chi connectivity index (χ3v) is 4.15. The third kappa shape index (κ3) is 3.49. The van der Waals surface area contributed by atoms with Crippen LogP contribution in [0.25, 0.3) is 0 Å². The van der Waals surface area contributed by atoms with E-state index in [0.29, 0.717) is 23.3 Å². The van der Waals surface area contributed by atoms with Crippen LogP contribution in [0.4, 0.5) is 4.39 Å². The minimum absolute atomic E-state index is 0.0796. The molecule has 1 saturated heterocycles. The van der Waals surface area contributed by atoms with E-state index in [1.165, 1.54) is 6.07 Å². The van der Waals surface area contributed by atoms with Crippen molar-refractivity contribution in [1.29, 1.82) is 0 Å². The first-order valence-corrected chi connectivity index (χ1v) is 7.29. The summed E-state index contributed by atoms with van der Waals surface area (Å²) in [5.74, 6) is 0.969. The maximum atomic E-state index is 14.0. The summed E-state index contributed by atoms with van der Waals surface area (Å²) < 4.78 is 24.7. The SMILES string of the molecule is COc1cccc(F)c1C(C)NC(C)C1CCOCC1. The minimum Gasteiger partial charge on any atom is -0.496 e. The van der Waals surface area contributed by atoms with Gasteiger partial charge in [0.1, 0.15) is 11.6 Å². The molecule has 3 nitrogen and oxygen atoms in total. The molecule has 20 heavy (non-hydrogen) atoms. The van der Waals surface area contributed by atoms with Gasteiger partial charge in [-0.05, 0) is 44.7 Å². The maximum absolute atomic E-state index is 14.0. The molecular weight excluding hydrogens is 257 g/mol. The summed E-state index contributed by atoms with van der Waals surface area (Å²) in [4.78, 5) is 0. The molecule has 1 aromatic carbocycles. The Balaban J connectivity index is 2.05. The zero-order valence-electron chi connectivity index (χ0n) is 12.5. The molecule has 1 fully saturated rings. The van der Waals surface area contributed by atoms with E-state index in [2.05, 4.69) is 12.2 Å². The zero-order valence-corrected chi connectivity index (χ0v) is 12.5. The van der Waals surface area contributed by atoms with Crippen LogP contribution in [-0.2, 0) is 4.74 Å². The number of rotatable bonds is 5. The molecule has 1 N–H and O–H groups in total. The molecule has 2 unspecified atom stereocenters. The first-order chi connectivity index (χ1) is 9.63. The van der Waals surface area contributed by atoms with E-state index in [-0.39, 0.29) is 11.9 Å². The van der Waals surface area contributed by atoms with Gasteiger partial charge in [-0.3, -0.25) is 0 Å². The Morgan fingerprint density at radius 2 is 2.00 bits per heavy atom. The van der Waals surface area contributed by atoms with Crippen molar-refractivity contribution in [3.63, 3.8) is 0 Å². The lowest BCUT2D eigenvalue weighted by molar-refractivity contribution is 0.0546. The Bertz CT molecular complexity index is 432. The van der Waals surface area contributed by atoms with E-state index in [1.807, 2.05) is 6.92 Å². The Morgan fingerprint density at radius 3 is 2.65 bits per heavy atom. The summed E-state index contributed by atoms with van der Waals surface area (Å²) >= 11 is 0. The predicted molar refractivity (Wildman–Crippen MR) is 77.5 cm³/mol. The molecule has 0 spiro atoms. The fourth-order valence-electron chi connectivity index (χ4n) is 2.95. The second kappa shape index (κ2) is 7.04. The van der Waals surface area contributed by atoms with Gasteiger partial charge in [0.25, 0.3) is 0 Å². The summed E-state index contributed by atoms with van der Waals surface area (Å²) in [5.41, 5.74) is 0.605. The number of hydrogen-bond acceptors (Lipinski definition) is 3. The molecule has 1 aliphatic rings. The molecule has 0 radical (unpaired) electrons. The van der Waals surface area contributed by atoms with E-state index >= 15 is 0 Å². The highest BCUT2D eigenvalue weighted by Gasteiger charge is 2.24. The van der Waals surface area contributed by atoms with Gasteiger partial charge in [0.15, 0.2) is 0 Å². The molecule has 0 saturated carbocycles. The zero-order chi connectivity index (χ0) is 14.5. The van der Waals surface area contributed by atoms with E-state index in [1.54, 1.807) is 19.2 Å². The van der Waals surface area contributed by atoms with E-state index in [0.717, 1.165) is 26.1 Å². The minimum atomic E-state index is -0.219. The number of ether oxygens (including phenoxy) is 2. The van der Waals surface area contributed by atoms with Crippen molar-refractivity contribution < 1.29 is 13.9 Å². The molecule has 1 heterocycles. The highest BCUT2D eigenvalue weighted by molar-refractivity contribution is 5.36. The second-order valence-corrected chi connectivity index (χ2v) is 5.48. The van der Waals surface area contributed by atoms with Crippen LogP contribution in [0, 0.1) is 11.7 Å². The van der Waals surface area contributed by atoms with Crippen molar-refractivity contribution in [2.45, 2.75) is 38.8 Å². The fraction of sp³-hybridized carbons (Fsp3) is 0.625. The lowest BCUT2D eigenvalue weighted by Gasteiger charge is -2.31. The number of hydrogen-bond donors (Lipinski definition) is 1. The number of methoxy groups -OCH3 is 1. The Hall–Kier alpha value is -1.13. The van der Waals surface area contributed by atoms with Crippen LogP contribution in [0.2, 0.25) is 0 Å². The summed E-state index contributed by atoms with van der Waals surface area (Å²) in [6.45, 7) is 5.80. The fourth-order valence-corrected chi connectivity index (χ4v) is 2.95. The van der Waals surface area contributed by atoms with Crippen LogP contribution in [0.3, 0.4) is 0 Å². The molecule has 0 aromatic heterocycles. The van der Waals surface area contributed by atoms with Gasteiger partial charge in [0.05, 0.1) is 7.11 Å². The van der Waals surface area contributed by atoms with Crippen LogP contribution in [0.15, 0.2) is 18.2 Å². The van der Waals surface area contributed by atoms with Gasteiger partial charge in [-0.1, -0.05) is 6.07 Å². The maximum Gasteiger partial charge on any atom is 0.131 e. The molecule has 0 aliphatic carbocycles. The normalized spacial score (nSPS) is 19.6. The predicted octanol–water partition coefficient (Wildman–Crippen LogP) is 3.30. The van der Waals surface area contributed by atoms with Crippen molar-refractivity contribution in [1.82, 2.24) is 5.32 Å². The summed E-state index contributed by atoms with van der Waals surface area (Å²) in [6.07, 6.45) is 2.13. The lowest BCUT2D eigenvalue weighted by Crippen LogP contribution is -2.38. The van der Waals surface area contributed by atoms with Crippen molar-refractivity contribution in [2.24, 2.45) is 5.92 Å². The summed E-state index contributed by atoms with van der Waals surface area (Å²) in [6, 6.07) is 5.21. The molecule has 2 rings (SSSR count). The first kappa shape index (κ1) is 15.3. The molecule has 0 bridgehead atoms. The number of benzene rings is 1. The standard InChI is InChI=1S/C16H24FNO2/c1-11(13-7-9-20-10-8-13)18-12(2)16-14(17)5-4-6-15(16)19-3/h4-6,11-13,18H,7-10H2,1-3H3. The highest BCUT2D eigenvalue weighted by atomic mass is 19.1. The molecule has 1 aromatic rings. The molecular formula is C16H24FNO2. The van der Waals surface area contributed by atoms with Crippen molar-refractivity contribution in [3.8, 4) is 5.75 Å². The number of nitrogens with one attached hydrogen (secondary N) is 1. The van der Waals surface area contributed by atoms with Gasteiger partial charge in [0.2, 0.25) is 0 Å². The quantitative estimate of drug-likeness (QED) is 0.898. The van der Waals surface area contributed by atoms with E-state index in [4.69, 9.17) is 9.47 Å². The van der Waals surface area contributed by atoms with Crippen LogP contribution in [-0.4, -0.2) is 26.4 Å². The Kier molecular flexibility index (Phi) is 5.38. The van der Waals surface area contributed by atoms with E-state index in [9.17, 15) is 4.39 Å².